The van der Waals surface area contributed by atoms with Crippen molar-refractivity contribution in [1.82, 2.24) is 0 Å². The van der Waals surface area contributed by atoms with Crippen molar-refractivity contribution >= 4 is 65.2 Å². The van der Waals surface area contributed by atoms with Gasteiger partial charge in [-0.15, -0.1) is 0 Å². The van der Waals surface area contributed by atoms with E-state index < -0.39 is 11.3 Å². The first-order chi connectivity index (χ1) is 35.0. The largest absolute Gasteiger partial charge is 0.508 e. The summed E-state index contributed by atoms with van der Waals surface area (Å²) in [6.07, 6.45) is 4.07. The fourth-order valence-corrected chi connectivity index (χ4v) is 7.86. The summed E-state index contributed by atoms with van der Waals surface area (Å²) in [5.74, 6) is 2.81. The monoisotopic (exact) mass is 998 g/mol. The van der Waals surface area contributed by atoms with Crippen LogP contribution >= 0.6 is 0 Å². The van der Waals surface area contributed by atoms with Crippen LogP contribution in [0.15, 0.2) is 137 Å². The Morgan fingerprint density at radius 3 is 1.16 bits per heavy atom. The molecule has 9 aromatic rings. The fraction of sp³-hybridized carbons (Fsp3) is 0.316. The Balaban J connectivity index is 0.000000139. The zero-order valence-corrected chi connectivity index (χ0v) is 39.8. The molecule has 0 bridgehead atoms. The van der Waals surface area contributed by atoms with E-state index in [-0.39, 0.29) is 42.9 Å². The van der Waals surface area contributed by atoms with Gasteiger partial charge in [-0.3, -0.25) is 0 Å². The molecule has 3 aliphatic heterocycles. The molecule has 0 amide bonds. The van der Waals surface area contributed by atoms with Crippen LogP contribution in [-0.4, -0.2) is 86.5 Å². The van der Waals surface area contributed by atoms with E-state index in [0.29, 0.717) is 109 Å². The summed E-state index contributed by atoms with van der Waals surface area (Å²) in [4.78, 5) is 36.5. The van der Waals surface area contributed by atoms with Crippen LogP contribution in [0.5, 0.6) is 34.5 Å². The van der Waals surface area contributed by atoms with Crippen LogP contribution in [0.3, 0.4) is 0 Å². The highest BCUT2D eigenvalue weighted by molar-refractivity contribution is 6.06. The topological polar surface area (TPSA) is 216 Å². The number of aromatic hydroxyl groups is 2. The molecule has 0 spiro atoms. The Morgan fingerprint density at radius 2 is 0.781 bits per heavy atom. The smallest absolute Gasteiger partial charge is 0.344 e. The van der Waals surface area contributed by atoms with Crippen LogP contribution in [-0.2, 0) is 14.2 Å². The third kappa shape index (κ3) is 12.4. The van der Waals surface area contributed by atoms with Crippen molar-refractivity contribution < 1.29 is 61.7 Å². The maximum Gasteiger partial charge on any atom is 0.344 e. The number of phenols is 2. The van der Waals surface area contributed by atoms with E-state index in [1.807, 2.05) is 48.5 Å². The Morgan fingerprint density at radius 1 is 0.438 bits per heavy atom. The van der Waals surface area contributed by atoms with Crippen molar-refractivity contribution in [2.45, 2.75) is 65.3 Å². The van der Waals surface area contributed by atoms with Gasteiger partial charge in [-0.05, 0) is 104 Å². The van der Waals surface area contributed by atoms with Crippen molar-refractivity contribution in [3.05, 3.63) is 140 Å². The third-order valence-electron chi connectivity index (χ3n) is 12.0. The number of unbranched alkanes of at least 4 members (excludes halogenated alkanes) is 2. The SMILES string of the molecule is C.CCCCOc1ccc2c(c1)oc(=O)c1cc(O)ccc12.CCCCOc1ccc2c(c1)oc(=O)c1cc(OC3COC3)ccc12.O=c1oc2cc(O)ccc2c2ccc(OC3COC3)cc12.OC1COC1. The Bertz CT molecular complexity index is 3530. The molecular formula is C57H58O16. The molecule has 382 valence electrons. The highest BCUT2D eigenvalue weighted by Gasteiger charge is 2.22. The van der Waals surface area contributed by atoms with Crippen LogP contribution < -0.4 is 35.8 Å². The molecule has 0 unspecified atom stereocenters. The third-order valence-corrected chi connectivity index (χ3v) is 12.0. The lowest BCUT2D eigenvalue weighted by Gasteiger charge is -2.26. The second-order valence-electron chi connectivity index (χ2n) is 17.5. The number of phenolic OH excluding ortho intramolecular Hbond substituents is 2. The summed E-state index contributed by atoms with van der Waals surface area (Å²) in [5, 5.41) is 33.5. The van der Waals surface area contributed by atoms with Crippen LogP contribution in [0.2, 0.25) is 0 Å². The Kier molecular flexibility index (Phi) is 16.8. The van der Waals surface area contributed by atoms with Gasteiger partial charge in [0.15, 0.2) is 0 Å². The number of fused-ring (bicyclic) bond motifs is 9. The van der Waals surface area contributed by atoms with Gasteiger partial charge in [0.05, 0.1) is 69.0 Å². The molecule has 3 aliphatic rings. The van der Waals surface area contributed by atoms with Gasteiger partial charge in [0.25, 0.3) is 0 Å². The minimum atomic E-state index is -0.459. The molecule has 6 heterocycles. The number of aliphatic hydroxyl groups is 1. The molecule has 16 nitrogen and oxygen atoms in total. The van der Waals surface area contributed by atoms with Gasteiger partial charge < -0.3 is 61.7 Å². The number of hydrogen-bond donors (Lipinski definition) is 3. The Labute approximate surface area is 418 Å². The van der Waals surface area contributed by atoms with E-state index in [1.165, 1.54) is 12.1 Å². The normalized spacial score (nSPS) is 14.3. The average molecular weight is 999 g/mol. The van der Waals surface area contributed by atoms with E-state index in [9.17, 15) is 24.6 Å². The number of benzene rings is 6. The molecule has 3 saturated heterocycles. The standard InChI is InChI=1S/C20H20O5.C17H16O4.C16H12O5.C3H6O2.CH4/c1-2-3-8-23-13-4-7-17-16-6-5-14(24-15-11-22-12-15)9-18(16)20(21)25-19(17)10-13;1-2-3-8-20-12-5-7-14-13-6-4-11(18)9-15(13)17(19)21-16(14)10-12;17-9-1-3-13-12-4-2-10(20-11-7-19-8-11)6-14(12)16(18)21-15(13)5-9;4-3-1-5-2-3;/h4-7,9-10,15H,2-3,8,11-12H2,1H3;4-7,9-10,18H,2-3,8H2,1H3;1-6,11,17H,7-8H2;3-4H,1-2H2;1H4. The lowest BCUT2D eigenvalue weighted by atomic mass is 10.1. The van der Waals surface area contributed by atoms with E-state index in [2.05, 4.69) is 18.6 Å². The molecule has 73 heavy (non-hydrogen) atoms. The minimum Gasteiger partial charge on any atom is -0.508 e. The van der Waals surface area contributed by atoms with E-state index in [1.54, 1.807) is 48.5 Å². The molecule has 3 aromatic heterocycles. The summed E-state index contributed by atoms with van der Waals surface area (Å²) >= 11 is 0. The molecular weight excluding hydrogens is 941 g/mol. The van der Waals surface area contributed by atoms with Crippen molar-refractivity contribution in [1.29, 1.82) is 0 Å². The van der Waals surface area contributed by atoms with Crippen molar-refractivity contribution in [3.63, 3.8) is 0 Å². The zero-order valence-electron chi connectivity index (χ0n) is 39.8. The van der Waals surface area contributed by atoms with E-state index in [4.69, 9.17) is 46.8 Å². The highest BCUT2D eigenvalue weighted by Crippen LogP contribution is 2.32. The van der Waals surface area contributed by atoms with Gasteiger partial charge in [0.2, 0.25) is 0 Å². The number of ether oxygens (including phenoxy) is 7. The maximum atomic E-state index is 12.4. The molecule has 6 aromatic carbocycles. The predicted octanol–water partition coefficient (Wildman–Crippen LogP) is 10.2. The summed E-state index contributed by atoms with van der Waals surface area (Å²) in [6, 6.07) is 31.4. The Hall–Kier alpha value is -7.63. The second kappa shape index (κ2) is 23.7. The summed E-state index contributed by atoms with van der Waals surface area (Å²) in [5.41, 5.74) is 0.120. The molecule has 12 rings (SSSR count). The molecule has 0 radical (unpaired) electrons. The quantitative estimate of drug-likeness (QED) is 0.0589. The van der Waals surface area contributed by atoms with Crippen molar-refractivity contribution in [2.75, 3.05) is 52.9 Å². The predicted molar refractivity (Wildman–Crippen MR) is 278 cm³/mol. The molecule has 0 saturated carbocycles. The van der Waals surface area contributed by atoms with Crippen LogP contribution in [0, 0.1) is 0 Å². The first-order valence-corrected chi connectivity index (χ1v) is 23.9. The fourth-order valence-electron chi connectivity index (χ4n) is 7.86. The molecule has 0 aliphatic carbocycles. The van der Waals surface area contributed by atoms with Gasteiger partial charge >= 0.3 is 16.9 Å². The highest BCUT2D eigenvalue weighted by atomic mass is 16.6. The number of aliphatic hydroxyl groups excluding tert-OH is 1. The zero-order chi connectivity index (χ0) is 50.1. The first kappa shape index (κ1) is 51.7. The second-order valence-corrected chi connectivity index (χ2v) is 17.5. The lowest BCUT2D eigenvalue weighted by molar-refractivity contribution is -0.0936. The van der Waals surface area contributed by atoms with Crippen LogP contribution in [0.1, 0.15) is 47.0 Å². The lowest BCUT2D eigenvalue weighted by Crippen LogP contribution is -2.38. The van der Waals surface area contributed by atoms with Crippen LogP contribution in [0.4, 0.5) is 0 Å². The molecule has 16 heteroatoms. The molecule has 0 atom stereocenters. The average Bonchev–Trinajstić information content (AvgIpc) is 3.34. The van der Waals surface area contributed by atoms with Crippen molar-refractivity contribution in [2.24, 2.45) is 0 Å². The summed E-state index contributed by atoms with van der Waals surface area (Å²) in [6.45, 7) is 8.93. The van der Waals surface area contributed by atoms with Gasteiger partial charge in [-0.1, -0.05) is 34.1 Å². The van der Waals surface area contributed by atoms with Crippen LogP contribution in [0.25, 0.3) is 65.2 Å². The first-order valence-electron chi connectivity index (χ1n) is 23.9. The van der Waals surface area contributed by atoms with Gasteiger partial charge in [-0.25, -0.2) is 14.4 Å². The van der Waals surface area contributed by atoms with Crippen molar-refractivity contribution in [3.8, 4) is 34.5 Å². The number of hydrogen-bond acceptors (Lipinski definition) is 16. The number of rotatable bonds is 12. The van der Waals surface area contributed by atoms with Gasteiger partial charge in [0.1, 0.15) is 69.6 Å². The van der Waals surface area contributed by atoms with E-state index >= 15 is 0 Å². The van der Waals surface area contributed by atoms with Gasteiger partial charge in [0, 0.05) is 50.5 Å². The minimum absolute atomic E-state index is 0. The van der Waals surface area contributed by atoms with Gasteiger partial charge in [-0.2, -0.15) is 0 Å². The molecule has 3 N–H and O–H groups in total. The van der Waals surface area contributed by atoms with E-state index in [0.717, 1.165) is 58.0 Å². The molecule has 3 fully saturated rings. The summed E-state index contributed by atoms with van der Waals surface area (Å²) < 4.78 is 53.6. The maximum absolute atomic E-state index is 12.4. The summed E-state index contributed by atoms with van der Waals surface area (Å²) in [7, 11) is 0.